The van der Waals surface area contributed by atoms with Crippen LogP contribution in [0.3, 0.4) is 0 Å². The lowest BCUT2D eigenvalue weighted by molar-refractivity contribution is 0.892. The first-order valence-electron chi connectivity index (χ1n) is 7.39. The summed E-state index contributed by atoms with van der Waals surface area (Å²) in [4.78, 5) is 0. The minimum atomic E-state index is 0.735. The number of pyridine rings is 1. The SMILES string of the molecule is CCCCSc1nnc(SCc2cn3ccccc3c2C#N)s1. The molecule has 0 aliphatic carbocycles. The summed E-state index contributed by atoms with van der Waals surface area (Å²) in [5, 5.41) is 17.9. The van der Waals surface area contributed by atoms with E-state index in [1.165, 1.54) is 12.8 Å². The van der Waals surface area contributed by atoms with Crippen molar-refractivity contribution in [1.82, 2.24) is 14.6 Å². The van der Waals surface area contributed by atoms with Crippen molar-refractivity contribution in [3.8, 4) is 6.07 Å². The van der Waals surface area contributed by atoms with Crippen LogP contribution < -0.4 is 0 Å². The van der Waals surface area contributed by atoms with Gasteiger partial charge >= 0.3 is 0 Å². The molecular formula is C16H16N4S3. The lowest BCUT2D eigenvalue weighted by Gasteiger charge is -1.95. The van der Waals surface area contributed by atoms with Gasteiger partial charge in [-0.15, -0.1) is 10.2 Å². The van der Waals surface area contributed by atoms with E-state index in [-0.39, 0.29) is 0 Å². The van der Waals surface area contributed by atoms with Crippen molar-refractivity contribution in [3.63, 3.8) is 0 Å². The van der Waals surface area contributed by atoms with Gasteiger partial charge in [0.1, 0.15) is 6.07 Å². The van der Waals surface area contributed by atoms with Crippen LogP contribution in [0.25, 0.3) is 5.52 Å². The molecule has 0 amide bonds. The van der Waals surface area contributed by atoms with Crippen LogP contribution in [0.4, 0.5) is 0 Å². The highest BCUT2D eigenvalue weighted by Crippen LogP contribution is 2.32. The molecule has 0 aromatic carbocycles. The molecule has 0 fully saturated rings. The molecule has 0 N–H and O–H groups in total. The molecule has 3 aromatic rings. The third-order valence-corrected chi connectivity index (χ3v) is 6.66. The summed E-state index contributed by atoms with van der Waals surface area (Å²) in [5.41, 5.74) is 2.75. The maximum atomic E-state index is 9.43. The molecule has 0 spiro atoms. The van der Waals surface area contributed by atoms with Crippen molar-refractivity contribution in [2.75, 3.05) is 5.75 Å². The third kappa shape index (κ3) is 3.89. The largest absolute Gasteiger partial charge is 0.322 e. The molecule has 0 saturated carbocycles. The van der Waals surface area contributed by atoms with Crippen molar-refractivity contribution in [3.05, 3.63) is 41.7 Å². The molecule has 0 atom stereocenters. The van der Waals surface area contributed by atoms with E-state index in [1.54, 1.807) is 34.9 Å². The Balaban J connectivity index is 1.68. The second-order valence-corrected chi connectivity index (χ2v) is 8.50. The lowest BCUT2D eigenvalue weighted by Crippen LogP contribution is -1.81. The zero-order valence-electron chi connectivity index (χ0n) is 12.7. The molecule has 0 bridgehead atoms. The van der Waals surface area contributed by atoms with Crippen molar-refractivity contribution in [2.45, 2.75) is 34.2 Å². The van der Waals surface area contributed by atoms with Gasteiger partial charge in [0.15, 0.2) is 8.68 Å². The second-order valence-electron chi connectivity index (χ2n) is 4.96. The van der Waals surface area contributed by atoms with Crippen molar-refractivity contribution in [1.29, 1.82) is 5.26 Å². The minimum Gasteiger partial charge on any atom is -0.322 e. The van der Waals surface area contributed by atoms with Crippen molar-refractivity contribution in [2.24, 2.45) is 0 Å². The van der Waals surface area contributed by atoms with Gasteiger partial charge in [-0.25, -0.2) is 0 Å². The summed E-state index contributed by atoms with van der Waals surface area (Å²) in [7, 11) is 0. The Morgan fingerprint density at radius 2 is 2.09 bits per heavy atom. The highest BCUT2D eigenvalue weighted by atomic mass is 32.2. The Bertz CT molecular complexity index is 831. The van der Waals surface area contributed by atoms with Crippen LogP contribution in [0.2, 0.25) is 0 Å². The summed E-state index contributed by atoms with van der Waals surface area (Å²) >= 11 is 5.06. The van der Waals surface area contributed by atoms with Crippen LogP contribution in [0.5, 0.6) is 0 Å². The molecule has 23 heavy (non-hydrogen) atoms. The Morgan fingerprint density at radius 1 is 1.26 bits per heavy atom. The zero-order chi connectivity index (χ0) is 16.1. The molecule has 0 saturated heterocycles. The van der Waals surface area contributed by atoms with Crippen LogP contribution in [0.15, 0.2) is 39.3 Å². The molecule has 3 rings (SSSR count). The summed E-state index contributed by atoms with van der Waals surface area (Å²) in [6, 6.07) is 8.22. The molecule has 0 aliphatic rings. The predicted octanol–water partition coefficient (Wildman–Crippen LogP) is 4.85. The van der Waals surface area contributed by atoms with Crippen LogP contribution in [0, 0.1) is 11.3 Å². The smallest absolute Gasteiger partial charge is 0.175 e. The maximum Gasteiger partial charge on any atom is 0.175 e. The van der Waals surface area contributed by atoms with Crippen molar-refractivity contribution < 1.29 is 0 Å². The Morgan fingerprint density at radius 3 is 2.87 bits per heavy atom. The van der Waals surface area contributed by atoms with E-state index < -0.39 is 0 Å². The Hall–Kier alpha value is -1.49. The summed E-state index contributed by atoms with van der Waals surface area (Å²) in [5.74, 6) is 1.83. The number of unbranched alkanes of at least 4 members (excludes halogenated alkanes) is 1. The van der Waals surface area contributed by atoms with E-state index in [9.17, 15) is 5.26 Å². The van der Waals surface area contributed by atoms with Gasteiger partial charge in [-0.2, -0.15) is 5.26 Å². The Labute approximate surface area is 147 Å². The van der Waals surface area contributed by atoms with Gasteiger partial charge in [0.2, 0.25) is 0 Å². The molecule has 0 radical (unpaired) electrons. The topological polar surface area (TPSA) is 54.0 Å². The zero-order valence-corrected chi connectivity index (χ0v) is 15.2. The first-order chi connectivity index (χ1) is 11.3. The number of hydrogen-bond donors (Lipinski definition) is 0. The molecular weight excluding hydrogens is 344 g/mol. The summed E-state index contributed by atoms with van der Waals surface area (Å²) in [6.45, 7) is 2.19. The normalized spacial score (nSPS) is 11.0. The van der Waals surface area contributed by atoms with Crippen LogP contribution in [-0.2, 0) is 5.75 Å². The van der Waals surface area contributed by atoms with Gasteiger partial charge in [0, 0.05) is 23.9 Å². The number of rotatable bonds is 7. The number of hydrogen-bond acceptors (Lipinski definition) is 6. The van der Waals surface area contributed by atoms with Crippen LogP contribution >= 0.6 is 34.9 Å². The lowest BCUT2D eigenvalue weighted by atomic mass is 10.2. The predicted molar refractivity (Wildman–Crippen MR) is 97.2 cm³/mol. The molecule has 4 nitrogen and oxygen atoms in total. The Kier molecular flexibility index (Phi) is 5.60. The van der Waals surface area contributed by atoms with Crippen molar-refractivity contribution >= 4 is 40.4 Å². The number of fused-ring (bicyclic) bond motifs is 1. The van der Waals surface area contributed by atoms with Crippen LogP contribution in [-0.4, -0.2) is 20.4 Å². The van der Waals surface area contributed by atoms with E-state index in [0.717, 1.165) is 36.8 Å². The number of thioether (sulfide) groups is 2. The van der Waals surface area contributed by atoms with Crippen LogP contribution in [0.1, 0.15) is 30.9 Å². The highest BCUT2D eigenvalue weighted by Gasteiger charge is 2.12. The first-order valence-corrected chi connectivity index (χ1v) is 10.2. The summed E-state index contributed by atoms with van der Waals surface area (Å²) in [6.07, 6.45) is 6.40. The molecule has 3 heterocycles. The fourth-order valence-electron chi connectivity index (χ4n) is 2.17. The van der Waals surface area contributed by atoms with Gasteiger partial charge < -0.3 is 4.40 Å². The maximum absolute atomic E-state index is 9.43. The van der Waals surface area contributed by atoms with E-state index in [4.69, 9.17) is 0 Å². The van der Waals surface area contributed by atoms with E-state index in [2.05, 4.69) is 23.2 Å². The number of aromatic nitrogens is 3. The average Bonchev–Trinajstić information content (AvgIpc) is 3.16. The monoisotopic (exact) mass is 360 g/mol. The second kappa shape index (κ2) is 7.86. The summed E-state index contributed by atoms with van der Waals surface area (Å²) < 4.78 is 3.99. The molecule has 0 unspecified atom stereocenters. The number of nitrogens with zero attached hydrogens (tertiary/aromatic N) is 4. The quantitative estimate of drug-likeness (QED) is 0.445. The minimum absolute atomic E-state index is 0.735. The molecule has 3 aromatic heterocycles. The average molecular weight is 361 g/mol. The fraction of sp³-hybridized carbons (Fsp3) is 0.312. The molecule has 118 valence electrons. The molecule has 7 heteroatoms. The van der Waals surface area contributed by atoms with Gasteiger partial charge in [0.05, 0.1) is 11.1 Å². The van der Waals surface area contributed by atoms with Gasteiger partial charge in [-0.05, 0) is 24.1 Å². The van der Waals surface area contributed by atoms with E-state index in [1.807, 2.05) is 35.0 Å². The fourth-order valence-corrected chi connectivity index (χ4v) is 5.32. The third-order valence-electron chi connectivity index (χ3n) is 3.34. The highest BCUT2D eigenvalue weighted by molar-refractivity contribution is 8.02. The van der Waals surface area contributed by atoms with Gasteiger partial charge in [-0.1, -0.05) is 54.3 Å². The van der Waals surface area contributed by atoms with E-state index >= 15 is 0 Å². The van der Waals surface area contributed by atoms with Gasteiger partial charge in [0.25, 0.3) is 0 Å². The standard InChI is InChI=1S/C16H16N4S3/c1-2-3-8-21-15-18-19-16(23-15)22-11-12-10-20-7-5-4-6-14(20)13(12)9-17/h4-7,10H,2-3,8,11H2,1H3. The van der Waals surface area contributed by atoms with Gasteiger partial charge in [-0.3, -0.25) is 0 Å². The number of nitriles is 1. The molecule has 0 aliphatic heterocycles. The van der Waals surface area contributed by atoms with E-state index in [0.29, 0.717) is 0 Å². The first kappa shape index (κ1) is 16.4.